The summed E-state index contributed by atoms with van der Waals surface area (Å²) >= 11 is 0. The number of alkyl halides is 3. The second-order valence-electron chi connectivity index (χ2n) is 9.30. The monoisotopic (exact) mass is 556 g/mol. The maximum atomic E-state index is 14.0. The number of pyridine rings is 1. The van der Waals surface area contributed by atoms with Gasteiger partial charge >= 0.3 is 18.2 Å². The summed E-state index contributed by atoms with van der Waals surface area (Å²) in [6.45, 7) is 5.80. The van der Waals surface area contributed by atoms with Gasteiger partial charge < -0.3 is 20.1 Å². The molecule has 2 heterocycles. The molecule has 3 rings (SSSR count). The standard InChI is InChI=1S/C25H25F5N4O5/c1-13-10-18(38-12-15-16(26)6-5-7-17(15)27)20-32-14(2)19(34(20)11-13)21(35)31-9-8-24(3,4)33-23(37)39-22(36)25(28,29)30/h5-7,10-11H,8-9,12H2,1-4H3,(H,31,35)(H,33,37). The normalized spacial score (nSPS) is 11.8. The van der Waals surface area contributed by atoms with E-state index in [-0.39, 0.29) is 35.6 Å². The van der Waals surface area contributed by atoms with E-state index in [9.17, 15) is 36.3 Å². The highest BCUT2D eigenvalue weighted by Crippen LogP contribution is 2.26. The van der Waals surface area contributed by atoms with E-state index in [0.717, 1.165) is 12.1 Å². The number of nitrogens with zero attached hydrogens (tertiary/aromatic N) is 2. The van der Waals surface area contributed by atoms with Gasteiger partial charge in [-0.2, -0.15) is 13.2 Å². The fourth-order valence-corrected chi connectivity index (χ4v) is 3.64. The summed E-state index contributed by atoms with van der Waals surface area (Å²) in [4.78, 5) is 39.8. The number of alkyl carbamates (subject to hydrolysis) is 1. The molecule has 1 aromatic carbocycles. The van der Waals surface area contributed by atoms with Crippen molar-refractivity contribution in [1.82, 2.24) is 20.0 Å². The van der Waals surface area contributed by atoms with Gasteiger partial charge in [0.25, 0.3) is 5.91 Å². The fraction of sp³-hybridized carbons (Fsp3) is 0.360. The average Bonchev–Trinajstić information content (AvgIpc) is 3.13. The zero-order valence-corrected chi connectivity index (χ0v) is 21.3. The summed E-state index contributed by atoms with van der Waals surface area (Å²) in [5, 5.41) is 4.78. The summed E-state index contributed by atoms with van der Waals surface area (Å²) in [6, 6.07) is 5.06. The lowest BCUT2D eigenvalue weighted by Gasteiger charge is -2.25. The first-order valence-corrected chi connectivity index (χ1v) is 11.5. The van der Waals surface area contributed by atoms with E-state index in [4.69, 9.17) is 4.74 Å². The van der Waals surface area contributed by atoms with Crippen LogP contribution in [-0.4, -0.2) is 45.6 Å². The predicted molar refractivity (Wildman–Crippen MR) is 127 cm³/mol. The third kappa shape index (κ3) is 7.21. The SMILES string of the molecule is Cc1cc(OCc2c(F)cccc2F)c2nc(C)c(C(=O)NCCC(C)(C)NC(=O)OC(=O)C(F)(F)F)n2c1. The van der Waals surface area contributed by atoms with E-state index in [1.165, 1.54) is 24.3 Å². The maximum absolute atomic E-state index is 14.0. The van der Waals surface area contributed by atoms with Gasteiger partial charge in [-0.15, -0.1) is 0 Å². The number of fused-ring (bicyclic) bond motifs is 1. The average molecular weight is 556 g/mol. The largest absolute Gasteiger partial charge is 0.491 e. The number of rotatable bonds is 8. The Morgan fingerprint density at radius 2 is 1.72 bits per heavy atom. The van der Waals surface area contributed by atoms with Gasteiger partial charge in [-0.3, -0.25) is 9.20 Å². The topological polar surface area (TPSA) is 111 Å². The van der Waals surface area contributed by atoms with Crippen molar-refractivity contribution in [2.24, 2.45) is 0 Å². The molecule has 0 saturated carbocycles. The van der Waals surface area contributed by atoms with Crippen LogP contribution < -0.4 is 15.4 Å². The molecule has 0 spiro atoms. The first-order valence-electron chi connectivity index (χ1n) is 11.5. The van der Waals surface area contributed by atoms with Gasteiger partial charge in [0.15, 0.2) is 11.4 Å². The number of hydrogen-bond acceptors (Lipinski definition) is 6. The first kappa shape index (κ1) is 29.3. The van der Waals surface area contributed by atoms with Gasteiger partial charge in [-0.1, -0.05) is 6.07 Å². The minimum Gasteiger partial charge on any atom is -0.485 e. The molecular weight excluding hydrogens is 531 g/mol. The van der Waals surface area contributed by atoms with Crippen molar-refractivity contribution in [1.29, 1.82) is 0 Å². The summed E-state index contributed by atoms with van der Waals surface area (Å²) in [5.74, 6) is -4.55. The Morgan fingerprint density at radius 1 is 1.08 bits per heavy atom. The minimum absolute atomic E-state index is 0.0201. The number of hydrogen-bond donors (Lipinski definition) is 2. The van der Waals surface area contributed by atoms with Crippen molar-refractivity contribution in [2.75, 3.05) is 6.54 Å². The highest BCUT2D eigenvalue weighted by Gasteiger charge is 2.43. The molecule has 0 aliphatic rings. The molecule has 210 valence electrons. The van der Waals surface area contributed by atoms with Gasteiger partial charge in [-0.25, -0.2) is 23.4 Å². The van der Waals surface area contributed by atoms with Crippen LogP contribution in [0.2, 0.25) is 0 Å². The van der Waals surface area contributed by atoms with E-state index in [0.29, 0.717) is 11.3 Å². The Labute approximate surface area is 219 Å². The molecule has 0 radical (unpaired) electrons. The lowest BCUT2D eigenvalue weighted by Crippen LogP contribution is -2.47. The Kier molecular flexibility index (Phi) is 8.46. The molecule has 0 aliphatic carbocycles. The summed E-state index contributed by atoms with van der Waals surface area (Å²) in [7, 11) is 0. The molecule has 0 aliphatic heterocycles. The molecule has 0 saturated heterocycles. The van der Waals surface area contributed by atoms with Crippen LogP contribution in [0.15, 0.2) is 30.5 Å². The molecule has 0 unspecified atom stereocenters. The molecule has 3 aromatic rings. The van der Waals surface area contributed by atoms with Crippen LogP contribution in [0.4, 0.5) is 26.7 Å². The minimum atomic E-state index is -5.32. The zero-order valence-electron chi connectivity index (χ0n) is 21.3. The number of carbonyl (C=O) groups is 3. The quantitative estimate of drug-likeness (QED) is 0.240. The van der Waals surface area contributed by atoms with Crippen LogP contribution in [0.5, 0.6) is 5.75 Å². The highest BCUT2D eigenvalue weighted by molar-refractivity contribution is 5.95. The Balaban J connectivity index is 1.69. The van der Waals surface area contributed by atoms with E-state index in [1.54, 1.807) is 26.1 Å². The lowest BCUT2D eigenvalue weighted by atomic mass is 10.0. The van der Waals surface area contributed by atoms with Crippen LogP contribution in [0.3, 0.4) is 0 Å². The molecular formula is C25H25F5N4O5. The second-order valence-corrected chi connectivity index (χ2v) is 9.30. The molecule has 0 bridgehead atoms. The lowest BCUT2D eigenvalue weighted by molar-refractivity contribution is -0.193. The van der Waals surface area contributed by atoms with Gasteiger partial charge in [0, 0.05) is 18.3 Å². The molecule has 0 fully saturated rings. The number of halogens is 5. The molecule has 39 heavy (non-hydrogen) atoms. The van der Waals surface area contributed by atoms with Crippen molar-refractivity contribution >= 4 is 23.6 Å². The summed E-state index contributed by atoms with van der Waals surface area (Å²) in [5.41, 5.74) is -0.0385. The summed E-state index contributed by atoms with van der Waals surface area (Å²) in [6.07, 6.45) is -5.21. The number of amides is 2. The molecule has 9 nitrogen and oxygen atoms in total. The predicted octanol–water partition coefficient (Wildman–Crippen LogP) is 4.52. The van der Waals surface area contributed by atoms with E-state index in [2.05, 4.69) is 20.4 Å². The Hall–Kier alpha value is -4.23. The van der Waals surface area contributed by atoms with Gasteiger partial charge in [0.05, 0.1) is 11.3 Å². The number of esters is 1. The van der Waals surface area contributed by atoms with Crippen molar-refractivity contribution in [3.05, 3.63) is 64.6 Å². The van der Waals surface area contributed by atoms with Crippen LogP contribution in [0, 0.1) is 25.5 Å². The third-order valence-corrected chi connectivity index (χ3v) is 5.54. The zero-order chi connectivity index (χ0) is 29.1. The Morgan fingerprint density at radius 3 is 2.33 bits per heavy atom. The molecule has 14 heteroatoms. The number of ether oxygens (including phenoxy) is 2. The first-order chi connectivity index (χ1) is 18.1. The van der Waals surface area contributed by atoms with Crippen LogP contribution >= 0.6 is 0 Å². The molecule has 2 aromatic heterocycles. The van der Waals surface area contributed by atoms with Gasteiger partial charge in [0.1, 0.15) is 23.9 Å². The number of imidazole rings is 1. The maximum Gasteiger partial charge on any atom is 0.491 e. The van der Waals surface area contributed by atoms with Crippen LogP contribution in [0.1, 0.15) is 47.6 Å². The highest BCUT2D eigenvalue weighted by atomic mass is 19.4. The third-order valence-electron chi connectivity index (χ3n) is 5.54. The van der Waals surface area contributed by atoms with Crippen LogP contribution in [0.25, 0.3) is 5.65 Å². The molecule has 0 atom stereocenters. The van der Waals surface area contributed by atoms with Crippen LogP contribution in [-0.2, 0) is 16.1 Å². The van der Waals surface area contributed by atoms with Gasteiger partial charge in [0.2, 0.25) is 0 Å². The smallest absolute Gasteiger partial charge is 0.485 e. The van der Waals surface area contributed by atoms with E-state index in [1.807, 2.05) is 0 Å². The second kappa shape index (κ2) is 11.3. The van der Waals surface area contributed by atoms with Gasteiger partial charge in [-0.05, 0) is 57.9 Å². The molecule has 2 amide bonds. The fourth-order valence-electron chi connectivity index (χ4n) is 3.64. The Bertz CT molecular complexity index is 1400. The number of carbonyl (C=O) groups excluding carboxylic acids is 3. The van der Waals surface area contributed by atoms with Crippen molar-refractivity contribution in [3.8, 4) is 5.75 Å². The number of benzene rings is 1. The van der Waals surface area contributed by atoms with E-state index >= 15 is 0 Å². The van der Waals surface area contributed by atoms with Crippen molar-refractivity contribution in [3.63, 3.8) is 0 Å². The number of aryl methyl sites for hydroxylation is 2. The van der Waals surface area contributed by atoms with E-state index < -0.39 is 47.9 Å². The summed E-state index contributed by atoms with van der Waals surface area (Å²) < 4.78 is 75.7. The number of nitrogens with one attached hydrogen (secondary N) is 2. The van der Waals surface area contributed by atoms with Crippen molar-refractivity contribution < 1.29 is 45.8 Å². The van der Waals surface area contributed by atoms with Crippen molar-refractivity contribution in [2.45, 2.75) is 52.4 Å². The molecule has 2 N–H and O–H groups in total. The number of aromatic nitrogens is 2.